The van der Waals surface area contributed by atoms with Gasteiger partial charge in [0.2, 0.25) is 0 Å². The fourth-order valence-corrected chi connectivity index (χ4v) is 1.50. The molecule has 1 saturated carbocycles. The fourth-order valence-electron chi connectivity index (χ4n) is 1.50. The Balaban J connectivity index is 1.98. The van der Waals surface area contributed by atoms with E-state index in [-0.39, 0.29) is 6.10 Å². The number of hydrogen-bond donors (Lipinski definition) is 2. The van der Waals surface area contributed by atoms with Gasteiger partial charge in [0.15, 0.2) is 0 Å². The standard InChI is InChI=1S/C9H19NO2/c1-7(3-4-12-2)10-8-5-9(11)6-8/h7-11H,3-6H2,1-2H3. The van der Waals surface area contributed by atoms with E-state index in [4.69, 9.17) is 9.84 Å². The van der Waals surface area contributed by atoms with Crippen LogP contribution in [0.25, 0.3) is 0 Å². The summed E-state index contributed by atoms with van der Waals surface area (Å²) in [6.45, 7) is 2.97. The molecule has 0 spiro atoms. The van der Waals surface area contributed by atoms with Crippen LogP contribution in [0.5, 0.6) is 0 Å². The van der Waals surface area contributed by atoms with Gasteiger partial charge in [-0.3, -0.25) is 0 Å². The Labute approximate surface area is 74.1 Å². The van der Waals surface area contributed by atoms with Crippen LogP contribution < -0.4 is 5.32 Å². The largest absolute Gasteiger partial charge is 0.393 e. The Morgan fingerprint density at radius 1 is 1.58 bits per heavy atom. The molecule has 0 saturated heterocycles. The number of aliphatic hydroxyl groups excluding tert-OH is 1. The minimum atomic E-state index is -0.0582. The smallest absolute Gasteiger partial charge is 0.0570 e. The Hall–Kier alpha value is -0.120. The SMILES string of the molecule is COCCC(C)NC1CC(O)C1. The zero-order valence-corrected chi connectivity index (χ0v) is 7.92. The minimum Gasteiger partial charge on any atom is -0.393 e. The molecule has 72 valence electrons. The van der Waals surface area contributed by atoms with Crippen molar-refractivity contribution in [3.63, 3.8) is 0 Å². The third kappa shape index (κ3) is 3.09. The van der Waals surface area contributed by atoms with Gasteiger partial charge in [0.1, 0.15) is 0 Å². The van der Waals surface area contributed by atoms with Crippen LogP contribution in [0.3, 0.4) is 0 Å². The summed E-state index contributed by atoms with van der Waals surface area (Å²) in [4.78, 5) is 0. The summed E-state index contributed by atoms with van der Waals surface area (Å²) in [5.74, 6) is 0. The van der Waals surface area contributed by atoms with Gasteiger partial charge >= 0.3 is 0 Å². The van der Waals surface area contributed by atoms with Crippen LogP contribution in [0.15, 0.2) is 0 Å². The monoisotopic (exact) mass is 173 g/mol. The molecule has 0 aromatic carbocycles. The van der Waals surface area contributed by atoms with E-state index in [1.807, 2.05) is 0 Å². The molecule has 0 amide bonds. The molecular weight excluding hydrogens is 154 g/mol. The second-order valence-corrected chi connectivity index (χ2v) is 3.67. The Morgan fingerprint density at radius 3 is 2.75 bits per heavy atom. The summed E-state index contributed by atoms with van der Waals surface area (Å²) < 4.78 is 4.98. The molecule has 12 heavy (non-hydrogen) atoms. The van der Waals surface area contributed by atoms with Crippen molar-refractivity contribution in [1.82, 2.24) is 5.32 Å². The molecule has 0 aromatic rings. The lowest BCUT2D eigenvalue weighted by Gasteiger charge is -2.34. The molecule has 0 heterocycles. The number of hydrogen-bond acceptors (Lipinski definition) is 3. The van der Waals surface area contributed by atoms with Crippen molar-refractivity contribution >= 4 is 0 Å². The van der Waals surface area contributed by atoms with Crippen molar-refractivity contribution in [2.45, 2.75) is 44.4 Å². The molecule has 2 N–H and O–H groups in total. The number of rotatable bonds is 5. The predicted molar refractivity (Wildman–Crippen MR) is 48.1 cm³/mol. The van der Waals surface area contributed by atoms with Gasteiger partial charge in [-0.15, -0.1) is 0 Å². The van der Waals surface area contributed by atoms with E-state index in [2.05, 4.69) is 12.2 Å². The molecule has 1 fully saturated rings. The molecule has 0 aromatic heterocycles. The lowest BCUT2D eigenvalue weighted by atomic mass is 9.89. The molecule has 1 aliphatic rings. The van der Waals surface area contributed by atoms with Crippen LogP contribution in [0.2, 0.25) is 0 Å². The van der Waals surface area contributed by atoms with Crippen LogP contribution in [-0.2, 0) is 4.74 Å². The third-order valence-corrected chi connectivity index (χ3v) is 2.39. The second kappa shape index (κ2) is 4.80. The van der Waals surface area contributed by atoms with Gasteiger partial charge in [-0.1, -0.05) is 0 Å². The van der Waals surface area contributed by atoms with Crippen molar-refractivity contribution in [2.24, 2.45) is 0 Å². The first-order valence-corrected chi connectivity index (χ1v) is 4.65. The summed E-state index contributed by atoms with van der Waals surface area (Å²) in [6, 6.07) is 1.04. The van der Waals surface area contributed by atoms with Crippen molar-refractivity contribution < 1.29 is 9.84 Å². The number of ether oxygens (including phenoxy) is 1. The molecule has 3 heteroatoms. The quantitative estimate of drug-likeness (QED) is 0.637. The molecule has 3 nitrogen and oxygen atoms in total. The number of aliphatic hydroxyl groups is 1. The summed E-state index contributed by atoms with van der Waals surface area (Å²) >= 11 is 0. The first-order valence-electron chi connectivity index (χ1n) is 4.65. The van der Waals surface area contributed by atoms with Gasteiger partial charge in [0.25, 0.3) is 0 Å². The molecule has 0 bridgehead atoms. The first-order chi connectivity index (χ1) is 5.72. The van der Waals surface area contributed by atoms with E-state index in [0.29, 0.717) is 12.1 Å². The van der Waals surface area contributed by atoms with Gasteiger partial charge < -0.3 is 15.2 Å². The summed E-state index contributed by atoms with van der Waals surface area (Å²) in [7, 11) is 1.72. The van der Waals surface area contributed by atoms with E-state index < -0.39 is 0 Å². The van der Waals surface area contributed by atoms with Crippen LogP contribution in [0.4, 0.5) is 0 Å². The van der Waals surface area contributed by atoms with Gasteiger partial charge in [-0.25, -0.2) is 0 Å². The topological polar surface area (TPSA) is 41.5 Å². The van der Waals surface area contributed by atoms with E-state index in [0.717, 1.165) is 25.9 Å². The van der Waals surface area contributed by atoms with Crippen LogP contribution >= 0.6 is 0 Å². The highest BCUT2D eigenvalue weighted by Gasteiger charge is 2.27. The van der Waals surface area contributed by atoms with Crippen LogP contribution in [-0.4, -0.2) is 37.0 Å². The predicted octanol–water partition coefficient (Wildman–Crippen LogP) is 0.524. The van der Waals surface area contributed by atoms with Gasteiger partial charge in [0.05, 0.1) is 6.10 Å². The second-order valence-electron chi connectivity index (χ2n) is 3.67. The van der Waals surface area contributed by atoms with Crippen LogP contribution in [0, 0.1) is 0 Å². The maximum atomic E-state index is 9.04. The van der Waals surface area contributed by atoms with Gasteiger partial charge in [-0.05, 0) is 26.2 Å². The molecular formula is C9H19NO2. The lowest BCUT2D eigenvalue weighted by Crippen LogP contribution is -2.47. The van der Waals surface area contributed by atoms with Gasteiger partial charge in [0, 0.05) is 25.8 Å². The molecule has 1 unspecified atom stereocenters. The van der Waals surface area contributed by atoms with Crippen molar-refractivity contribution in [1.29, 1.82) is 0 Å². The maximum absolute atomic E-state index is 9.04. The average Bonchev–Trinajstić information content (AvgIpc) is 1.98. The normalized spacial score (nSPS) is 31.2. The third-order valence-electron chi connectivity index (χ3n) is 2.39. The summed E-state index contributed by atoms with van der Waals surface area (Å²) in [6.07, 6.45) is 2.81. The van der Waals surface area contributed by atoms with Crippen molar-refractivity contribution in [3.05, 3.63) is 0 Å². The molecule has 0 aliphatic heterocycles. The summed E-state index contributed by atoms with van der Waals surface area (Å²) in [5.41, 5.74) is 0. The van der Waals surface area contributed by atoms with Crippen LogP contribution in [0.1, 0.15) is 26.2 Å². The van der Waals surface area contributed by atoms with E-state index in [9.17, 15) is 0 Å². The van der Waals surface area contributed by atoms with E-state index in [1.54, 1.807) is 7.11 Å². The Kier molecular flexibility index (Phi) is 3.98. The summed E-state index contributed by atoms with van der Waals surface area (Å²) in [5, 5.41) is 12.5. The average molecular weight is 173 g/mol. The first kappa shape index (κ1) is 9.96. The highest BCUT2D eigenvalue weighted by Crippen LogP contribution is 2.19. The van der Waals surface area contributed by atoms with Crippen molar-refractivity contribution in [3.8, 4) is 0 Å². The highest BCUT2D eigenvalue weighted by molar-refractivity contribution is 4.86. The Bertz CT molecular complexity index is 124. The Morgan fingerprint density at radius 2 is 2.25 bits per heavy atom. The zero-order chi connectivity index (χ0) is 8.97. The zero-order valence-electron chi connectivity index (χ0n) is 7.92. The minimum absolute atomic E-state index is 0.0582. The molecule has 1 atom stereocenters. The van der Waals surface area contributed by atoms with Gasteiger partial charge in [-0.2, -0.15) is 0 Å². The lowest BCUT2D eigenvalue weighted by molar-refractivity contribution is 0.0564. The highest BCUT2D eigenvalue weighted by atomic mass is 16.5. The number of methoxy groups -OCH3 is 1. The fraction of sp³-hybridized carbons (Fsp3) is 1.00. The molecule has 1 aliphatic carbocycles. The molecule has 1 rings (SSSR count). The van der Waals surface area contributed by atoms with E-state index >= 15 is 0 Å². The number of nitrogens with one attached hydrogen (secondary N) is 1. The van der Waals surface area contributed by atoms with Crippen molar-refractivity contribution in [2.75, 3.05) is 13.7 Å². The van der Waals surface area contributed by atoms with E-state index in [1.165, 1.54) is 0 Å². The molecule has 0 radical (unpaired) electrons. The maximum Gasteiger partial charge on any atom is 0.0570 e.